The predicted octanol–water partition coefficient (Wildman–Crippen LogP) is 3.85. The van der Waals surface area contributed by atoms with Gasteiger partial charge in [-0.1, -0.05) is 19.9 Å². The molecule has 0 atom stereocenters. The zero-order valence-electron chi connectivity index (χ0n) is 11.0. The van der Waals surface area contributed by atoms with Gasteiger partial charge in [0.2, 0.25) is 0 Å². The van der Waals surface area contributed by atoms with E-state index in [4.69, 9.17) is 9.47 Å². The highest BCUT2D eigenvalue weighted by Crippen LogP contribution is 2.25. The number of hydrogen-bond donors (Lipinski definition) is 0. The molecule has 0 radical (unpaired) electrons. The first-order chi connectivity index (χ1) is 8.17. The molecule has 94 valence electrons. The van der Waals surface area contributed by atoms with Gasteiger partial charge >= 0.3 is 0 Å². The highest BCUT2D eigenvalue weighted by atomic mass is 16.5. The number of rotatable bonds is 7. The second kappa shape index (κ2) is 7.00. The maximum Gasteiger partial charge on any atom is 0.123 e. The van der Waals surface area contributed by atoms with Gasteiger partial charge in [0.1, 0.15) is 11.5 Å². The molecule has 0 aromatic heterocycles. The summed E-state index contributed by atoms with van der Waals surface area (Å²) < 4.78 is 11.0. The van der Waals surface area contributed by atoms with E-state index in [1.54, 1.807) is 7.11 Å². The van der Waals surface area contributed by atoms with Crippen molar-refractivity contribution < 1.29 is 9.47 Å². The number of methoxy groups -OCH3 is 1. The zero-order chi connectivity index (χ0) is 12.7. The quantitative estimate of drug-likeness (QED) is 0.667. The van der Waals surface area contributed by atoms with Crippen LogP contribution in [-0.2, 0) is 6.42 Å². The van der Waals surface area contributed by atoms with E-state index in [1.807, 2.05) is 24.3 Å². The molecule has 1 aromatic rings. The molecule has 1 rings (SSSR count). The van der Waals surface area contributed by atoms with Gasteiger partial charge in [0.25, 0.3) is 0 Å². The molecule has 0 aliphatic heterocycles. The summed E-state index contributed by atoms with van der Waals surface area (Å²) in [6.45, 7) is 8.92. The topological polar surface area (TPSA) is 18.5 Å². The van der Waals surface area contributed by atoms with Gasteiger partial charge in [0, 0.05) is 5.56 Å². The van der Waals surface area contributed by atoms with E-state index in [1.165, 1.54) is 0 Å². The van der Waals surface area contributed by atoms with E-state index in [2.05, 4.69) is 20.4 Å². The molecule has 0 N–H and O–H groups in total. The minimum Gasteiger partial charge on any atom is -0.497 e. The van der Waals surface area contributed by atoms with Crippen LogP contribution in [0, 0.1) is 5.92 Å². The van der Waals surface area contributed by atoms with Crippen molar-refractivity contribution in [1.29, 1.82) is 0 Å². The fourth-order valence-electron chi connectivity index (χ4n) is 1.54. The first-order valence-electron chi connectivity index (χ1n) is 6.08. The molecular formula is C15H22O2. The standard InChI is InChI=1S/C15H22O2/c1-5-6-13-11-14(16-4)7-8-15(13)17-10-9-12(2)3/h5,7-8,11-12H,1,6,9-10H2,2-4H3. The van der Waals surface area contributed by atoms with E-state index in [-0.39, 0.29) is 0 Å². The van der Waals surface area contributed by atoms with E-state index in [9.17, 15) is 0 Å². The van der Waals surface area contributed by atoms with Crippen molar-refractivity contribution in [3.63, 3.8) is 0 Å². The van der Waals surface area contributed by atoms with E-state index in [0.717, 1.165) is 36.5 Å². The first kappa shape index (κ1) is 13.6. The Bertz CT molecular complexity index is 356. The second-order valence-electron chi connectivity index (χ2n) is 4.50. The van der Waals surface area contributed by atoms with Gasteiger partial charge in [-0.3, -0.25) is 0 Å². The molecule has 17 heavy (non-hydrogen) atoms. The van der Waals surface area contributed by atoms with Gasteiger partial charge in [-0.15, -0.1) is 6.58 Å². The van der Waals surface area contributed by atoms with Crippen LogP contribution in [0.15, 0.2) is 30.9 Å². The van der Waals surface area contributed by atoms with Crippen molar-refractivity contribution >= 4 is 0 Å². The van der Waals surface area contributed by atoms with Crippen LogP contribution in [0.25, 0.3) is 0 Å². The lowest BCUT2D eigenvalue weighted by Crippen LogP contribution is -2.03. The number of benzene rings is 1. The molecule has 0 unspecified atom stereocenters. The lowest BCUT2D eigenvalue weighted by molar-refractivity contribution is 0.286. The molecule has 0 spiro atoms. The summed E-state index contributed by atoms with van der Waals surface area (Å²) in [7, 11) is 1.67. The summed E-state index contributed by atoms with van der Waals surface area (Å²) in [4.78, 5) is 0. The molecule has 2 nitrogen and oxygen atoms in total. The van der Waals surface area contributed by atoms with Crippen LogP contribution in [0.4, 0.5) is 0 Å². The molecular weight excluding hydrogens is 212 g/mol. The second-order valence-corrected chi connectivity index (χ2v) is 4.50. The third kappa shape index (κ3) is 4.51. The fraction of sp³-hybridized carbons (Fsp3) is 0.467. The van der Waals surface area contributed by atoms with Crippen molar-refractivity contribution in [2.75, 3.05) is 13.7 Å². The van der Waals surface area contributed by atoms with E-state index >= 15 is 0 Å². The molecule has 0 amide bonds. The molecule has 0 saturated heterocycles. The average Bonchev–Trinajstić information content (AvgIpc) is 2.31. The zero-order valence-corrected chi connectivity index (χ0v) is 11.0. The Morgan fingerprint density at radius 1 is 1.35 bits per heavy atom. The molecule has 0 heterocycles. The molecule has 2 heteroatoms. The summed E-state index contributed by atoms with van der Waals surface area (Å²) in [5.41, 5.74) is 1.13. The minimum atomic E-state index is 0.663. The Morgan fingerprint density at radius 3 is 2.71 bits per heavy atom. The first-order valence-corrected chi connectivity index (χ1v) is 6.08. The average molecular weight is 234 g/mol. The highest BCUT2D eigenvalue weighted by molar-refractivity contribution is 5.41. The maximum absolute atomic E-state index is 5.80. The van der Waals surface area contributed by atoms with E-state index < -0.39 is 0 Å². The summed E-state index contributed by atoms with van der Waals surface area (Å²) in [6, 6.07) is 5.90. The summed E-state index contributed by atoms with van der Waals surface area (Å²) in [5, 5.41) is 0. The van der Waals surface area contributed by atoms with Crippen molar-refractivity contribution in [2.45, 2.75) is 26.7 Å². The third-order valence-corrected chi connectivity index (χ3v) is 2.58. The predicted molar refractivity (Wildman–Crippen MR) is 71.8 cm³/mol. The molecule has 0 bridgehead atoms. The number of hydrogen-bond acceptors (Lipinski definition) is 2. The lowest BCUT2D eigenvalue weighted by atomic mass is 10.1. The van der Waals surface area contributed by atoms with Crippen LogP contribution >= 0.6 is 0 Å². The SMILES string of the molecule is C=CCc1cc(OC)ccc1OCCC(C)C. The molecule has 0 fully saturated rings. The molecule has 1 aromatic carbocycles. The largest absolute Gasteiger partial charge is 0.497 e. The van der Waals surface area contributed by atoms with Gasteiger partial charge in [-0.25, -0.2) is 0 Å². The highest BCUT2D eigenvalue weighted by Gasteiger charge is 2.05. The van der Waals surface area contributed by atoms with Crippen molar-refractivity contribution in [1.82, 2.24) is 0 Å². The van der Waals surface area contributed by atoms with Crippen LogP contribution in [0.5, 0.6) is 11.5 Å². The number of allylic oxidation sites excluding steroid dienone is 1. The molecule has 0 aliphatic rings. The fourth-order valence-corrected chi connectivity index (χ4v) is 1.54. The molecule has 0 aliphatic carbocycles. The Morgan fingerprint density at radius 2 is 2.12 bits per heavy atom. The monoisotopic (exact) mass is 234 g/mol. The summed E-state index contributed by atoms with van der Waals surface area (Å²) in [6.07, 6.45) is 3.75. The maximum atomic E-state index is 5.80. The normalized spacial score (nSPS) is 10.4. The summed E-state index contributed by atoms with van der Waals surface area (Å²) >= 11 is 0. The van der Waals surface area contributed by atoms with Crippen LogP contribution in [0.3, 0.4) is 0 Å². The van der Waals surface area contributed by atoms with Crippen LogP contribution < -0.4 is 9.47 Å². The Hall–Kier alpha value is -1.44. The van der Waals surface area contributed by atoms with Gasteiger partial charge < -0.3 is 9.47 Å². The van der Waals surface area contributed by atoms with Crippen molar-refractivity contribution in [3.05, 3.63) is 36.4 Å². The molecule has 0 saturated carbocycles. The Kier molecular flexibility index (Phi) is 5.61. The minimum absolute atomic E-state index is 0.663. The Balaban J connectivity index is 2.71. The van der Waals surface area contributed by atoms with Crippen LogP contribution in [-0.4, -0.2) is 13.7 Å². The lowest BCUT2D eigenvalue weighted by Gasteiger charge is -2.12. The summed E-state index contributed by atoms with van der Waals surface area (Å²) in [5.74, 6) is 2.46. The Labute approximate surface area is 104 Å². The van der Waals surface area contributed by atoms with Gasteiger partial charge in [0.05, 0.1) is 13.7 Å². The van der Waals surface area contributed by atoms with Crippen molar-refractivity contribution in [3.8, 4) is 11.5 Å². The van der Waals surface area contributed by atoms with Gasteiger partial charge in [0.15, 0.2) is 0 Å². The van der Waals surface area contributed by atoms with Crippen molar-refractivity contribution in [2.24, 2.45) is 5.92 Å². The van der Waals surface area contributed by atoms with Crippen LogP contribution in [0.1, 0.15) is 25.8 Å². The third-order valence-electron chi connectivity index (χ3n) is 2.58. The van der Waals surface area contributed by atoms with Crippen LogP contribution in [0.2, 0.25) is 0 Å². The smallest absolute Gasteiger partial charge is 0.123 e. The number of ether oxygens (including phenoxy) is 2. The van der Waals surface area contributed by atoms with Gasteiger partial charge in [-0.2, -0.15) is 0 Å². The van der Waals surface area contributed by atoms with Gasteiger partial charge in [-0.05, 0) is 37.0 Å². The van der Waals surface area contributed by atoms with E-state index in [0.29, 0.717) is 5.92 Å².